The van der Waals surface area contributed by atoms with Crippen molar-refractivity contribution in [3.8, 4) is 11.3 Å². The number of rotatable bonds is 3. The standard InChI is InChI=1S/C17H22N4O2/c1-20-11-15(16(19-20)14-7-3-2-4-8-14)18-17(23)21-9-5-6-13(10-21)12-22/h2-4,7-8,11,13,22H,5-6,9-10,12H2,1H3,(H,18,23). The van der Waals surface area contributed by atoms with Gasteiger partial charge in [0.05, 0.1) is 5.69 Å². The number of aryl methyl sites for hydroxylation is 1. The number of hydrogen-bond acceptors (Lipinski definition) is 3. The van der Waals surface area contributed by atoms with Gasteiger partial charge in [-0.1, -0.05) is 30.3 Å². The third-order valence-electron chi connectivity index (χ3n) is 4.18. The Morgan fingerprint density at radius 3 is 2.91 bits per heavy atom. The lowest BCUT2D eigenvalue weighted by Crippen LogP contribution is -2.43. The Bertz CT molecular complexity index is 668. The van der Waals surface area contributed by atoms with Crippen LogP contribution in [0.2, 0.25) is 0 Å². The monoisotopic (exact) mass is 314 g/mol. The Balaban J connectivity index is 1.76. The third-order valence-corrected chi connectivity index (χ3v) is 4.18. The second kappa shape index (κ2) is 6.83. The number of nitrogens with one attached hydrogen (secondary N) is 1. The van der Waals surface area contributed by atoms with Gasteiger partial charge >= 0.3 is 6.03 Å². The summed E-state index contributed by atoms with van der Waals surface area (Å²) in [5.74, 6) is 0.178. The number of aliphatic hydroxyl groups is 1. The Hall–Kier alpha value is -2.34. The smallest absolute Gasteiger partial charge is 0.321 e. The molecule has 1 aliphatic rings. The molecule has 122 valence electrons. The molecule has 1 unspecified atom stereocenters. The Labute approximate surface area is 135 Å². The summed E-state index contributed by atoms with van der Waals surface area (Å²) in [4.78, 5) is 14.3. The largest absolute Gasteiger partial charge is 0.396 e. The minimum Gasteiger partial charge on any atom is -0.396 e. The van der Waals surface area contributed by atoms with Crippen LogP contribution in [-0.4, -0.2) is 45.5 Å². The Morgan fingerprint density at radius 2 is 2.17 bits per heavy atom. The maximum Gasteiger partial charge on any atom is 0.321 e. The van der Waals surface area contributed by atoms with E-state index in [-0.39, 0.29) is 18.6 Å². The van der Waals surface area contributed by atoms with Gasteiger partial charge in [-0.3, -0.25) is 4.68 Å². The van der Waals surface area contributed by atoms with Crippen molar-refractivity contribution >= 4 is 11.7 Å². The number of nitrogens with zero attached hydrogens (tertiary/aromatic N) is 3. The summed E-state index contributed by atoms with van der Waals surface area (Å²) in [6, 6.07) is 9.67. The molecule has 2 amide bonds. The van der Waals surface area contributed by atoms with Crippen LogP contribution in [0.5, 0.6) is 0 Å². The normalized spacial score (nSPS) is 18.0. The number of amides is 2. The van der Waals surface area contributed by atoms with Crippen molar-refractivity contribution in [1.82, 2.24) is 14.7 Å². The van der Waals surface area contributed by atoms with Gasteiger partial charge in [0.15, 0.2) is 0 Å². The molecule has 1 saturated heterocycles. The first-order valence-electron chi connectivity index (χ1n) is 7.93. The zero-order valence-corrected chi connectivity index (χ0v) is 13.3. The average Bonchev–Trinajstić information content (AvgIpc) is 2.96. The highest BCUT2D eigenvalue weighted by molar-refractivity contribution is 5.93. The molecule has 6 heteroatoms. The molecule has 0 aliphatic carbocycles. The number of carbonyl (C=O) groups excluding carboxylic acids is 1. The molecule has 23 heavy (non-hydrogen) atoms. The molecule has 1 aromatic heterocycles. The SMILES string of the molecule is Cn1cc(NC(=O)N2CCCC(CO)C2)c(-c2ccccc2)n1. The summed E-state index contributed by atoms with van der Waals surface area (Å²) in [6.07, 6.45) is 3.72. The molecule has 1 fully saturated rings. The predicted octanol–water partition coefficient (Wildman–Crippen LogP) is 2.32. The van der Waals surface area contributed by atoms with Crippen LogP contribution in [0.15, 0.2) is 36.5 Å². The molecule has 0 bridgehead atoms. The molecular weight excluding hydrogens is 292 g/mol. The first-order chi connectivity index (χ1) is 11.2. The molecule has 1 aromatic carbocycles. The van der Waals surface area contributed by atoms with E-state index in [4.69, 9.17) is 0 Å². The third kappa shape index (κ3) is 3.53. The van der Waals surface area contributed by atoms with Crippen molar-refractivity contribution in [3.63, 3.8) is 0 Å². The van der Waals surface area contributed by atoms with E-state index in [1.54, 1.807) is 9.58 Å². The van der Waals surface area contributed by atoms with E-state index < -0.39 is 0 Å². The minimum atomic E-state index is -0.131. The first kappa shape index (κ1) is 15.6. The van der Waals surface area contributed by atoms with Crippen molar-refractivity contribution in [2.45, 2.75) is 12.8 Å². The zero-order valence-electron chi connectivity index (χ0n) is 13.3. The number of hydrogen-bond donors (Lipinski definition) is 2. The number of benzene rings is 1. The summed E-state index contributed by atoms with van der Waals surface area (Å²) in [6.45, 7) is 1.46. The van der Waals surface area contributed by atoms with Crippen molar-refractivity contribution in [2.24, 2.45) is 13.0 Å². The van der Waals surface area contributed by atoms with Gasteiger partial charge in [0.25, 0.3) is 0 Å². The molecule has 1 atom stereocenters. The highest BCUT2D eigenvalue weighted by Crippen LogP contribution is 2.26. The number of carbonyl (C=O) groups is 1. The molecule has 3 rings (SSSR count). The van der Waals surface area contributed by atoms with Crippen molar-refractivity contribution in [2.75, 3.05) is 25.0 Å². The fourth-order valence-electron chi connectivity index (χ4n) is 2.98. The van der Waals surface area contributed by atoms with Crippen LogP contribution in [0.3, 0.4) is 0 Å². The molecule has 6 nitrogen and oxygen atoms in total. The average molecular weight is 314 g/mol. The van der Waals surface area contributed by atoms with E-state index in [1.165, 1.54) is 0 Å². The van der Waals surface area contributed by atoms with Crippen molar-refractivity contribution in [1.29, 1.82) is 0 Å². The summed E-state index contributed by atoms with van der Waals surface area (Å²) in [5, 5.41) is 16.7. The Morgan fingerprint density at radius 1 is 1.39 bits per heavy atom. The maximum atomic E-state index is 12.5. The maximum absolute atomic E-state index is 12.5. The van der Waals surface area contributed by atoms with Gasteiger partial charge < -0.3 is 15.3 Å². The lowest BCUT2D eigenvalue weighted by molar-refractivity contribution is 0.136. The highest BCUT2D eigenvalue weighted by atomic mass is 16.3. The lowest BCUT2D eigenvalue weighted by atomic mass is 9.99. The lowest BCUT2D eigenvalue weighted by Gasteiger charge is -2.31. The van der Waals surface area contributed by atoms with E-state index in [2.05, 4.69) is 10.4 Å². The molecule has 1 aliphatic heterocycles. The molecule has 2 N–H and O–H groups in total. The van der Waals surface area contributed by atoms with Crippen LogP contribution in [0, 0.1) is 5.92 Å². The van der Waals surface area contributed by atoms with Gasteiger partial charge in [-0.05, 0) is 18.8 Å². The van der Waals surface area contributed by atoms with E-state index in [1.807, 2.05) is 43.6 Å². The molecule has 0 spiro atoms. The van der Waals surface area contributed by atoms with Crippen LogP contribution in [-0.2, 0) is 7.05 Å². The predicted molar refractivity (Wildman–Crippen MR) is 89.0 cm³/mol. The van der Waals surface area contributed by atoms with Gasteiger partial charge in [0.2, 0.25) is 0 Å². The number of aromatic nitrogens is 2. The van der Waals surface area contributed by atoms with Crippen LogP contribution in [0.25, 0.3) is 11.3 Å². The van der Waals surface area contributed by atoms with Gasteiger partial charge in [0, 0.05) is 38.5 Å². The van der Waals surface area contributed by atoms with Crippen LogP contribution >= 0.6 is 0 Å². The van der Waals surface area contributed by atoms with E-state index in [9.17, 15) is 9.90 Å². The van der Waals surface area contributed by atoms with E-state index >= 15 is 0 Å². The van der Waals surface area contributed by atoms with Crippen LogP contribution in [0.4, 0.5) is 10.5 Å². The van der Waals surface area contributed by atoms with E-state index in [0.29, 0.717) is 12.2 Å². The fourth-order valence-corrected chi connectivity index (χ4v) is 2.98. The van der Waals surface area contributed by atoms with Crippen LogP contribution < -0.4 is 5.32 Å². The minimum absolute atomic E-state index is 0.131. The summed E-state index contributed by atoms with van der Waals surface area (Å²) < 4.78 is 1.70. The number of likely N-dealkylation sites (tertiary alicyclic amines) is 1. The van der Waals surface area contributed by atoms with E-state index in [0.717, 1.165) is 30.6 Å². The molecular formula is C17H22N4O2. The first-order valence-corrected chi connectivity index (χ1v) is 7.93. The summed E-state index contributed by atoms with van der Waals surface area (Å²) in [7, 11) is 1.84. The second-order valence-electron chi connectivity index (χ2n) is 6.00. The zero-order chi connectivity index (χ0) is 16.2. The number of anilines is 1. The van der Waals surface area contributed by atoms with Crippen molar-refractivity contribution in [3.05, 3.63) is 36.5 Å². The molecule has 2 aromatic rings. The highest BCUT2D eigenvalue weighted by Gasteiger charge is 2.24. The summed E-state index contributed by atoms with van der Waals surface area (Å²) >= 11 is 0. The fraction of sp³-hybridized carbons (Fsp3) is 0.412. The van der Waals surface area contributed by atoms with Gasteiger partial charge in [-0.15, -0.1) is 0 Å². The summed E-state index contributed by atoms with van der Waals surface area (Å²) in [5.41, 5.74) is 2.43. The van der Waals surface area contributed by atoms with Crippen molar-refractivity contribution < 1.29 is 9.90 Å². The van der Waals surface area contributed by atoms with Gasteiger partial charge in [0.1, 0.15) is 5.69 Å². The van der Waals surface area contributed by atoms with Gasteiger partial charge in [-0.25, -0.2) is 4.79 Å². The number of aliphatic hydroxyl groups excluding tert-OH is 1. The topological polar surface area (TPSA) is 70.4 Å². The quantitative estimate of drug-likeness (QED) is 0.913. The molecule has 0 radical (unpaired) electrons. The van der Waals surface area contributed by atoms with Gasteiger partial charge in [-0.2, -0.15) is 5.10 Å². The van der Waals surface area contributed by atoms with Crippen LogP contribution in [0.1, 0.15) is 12.8 Å². The molecule has 2 heterocycles. The Kier molecular flexibility index (Phi) is 4.62. The number of piperidine rings is 1. The second-order valence-corrected chi connectivity index (χ2v) is 6.00. The number of urea groups is 1. The molecule has 0 saturated carbocycles.